The first-order valence-corrected chi connectivity index (χ1v) is 5.88. The number of aliphatic hydroxyl groups is 1. The van der Waals surface area contributed by atoms with Gasteiger partial charge in [-0.15, -0.1) is 0 Å². The zero-order chi connectivity index (χ0) is 12.7. The summed E-state index contributed by atoms with van der Waals surface area (Å²) in [5, 5.41) is 12.5. The van der Waals surface area contributed by atoms with Crippen LogP contribution < -0.4 is 10.1 Å². The normalized spacial score (nSPS) is 12.2. The summed E-state index contributed by atoms with van der Waals surface area (Å²) in [7, 11) is 0. The van der Waals surface area contributed by atoms with E-state index in [4.69, 9.17) is 4.74 Å². The average molecular weight is 235 g/mol. The molecule has 0 bridgehead atoms. The maximum absolute atomic E-state index is 9.25. The molecule has 17 heavy (non-hydrogen) atoms. The highest BCUT2D eigenvalue weighted by Gasteiger charge is 2.08. The van der Waals surface area contributed by atoms with Gasteiger partial charge < -0.3 is 15.2 Å². The summed E-state index contributed by atoms with van der Waals surface area (Å²) in [5.74, 6) is 0.824. The molecule has 0 spiro atoms. The Kier molecular flexibility index (Phi) is 5.73. The third-order valence-corrected chi connectivity index (χ3v) is 2.40. The second-order valence-electron chi connectivity index (χ2n) is 4.11. The van der Waals surface area contributed by atoms with E-state index >= 15 is 0 Å². The van der Waals surface area contributed by atoms with Gasteiger partial charge in [-0.2, -0.15) is 0 Å². The Morgan fingerprint density at radius 3 is 2.53 bits per heavy atom. The zero-order valence-electron chi connectivity index (χ0n) is 10.6. The van der Waals surface area contributed by atoms with Crippen LogP contribution in [0, 0.1) is 0 Å². The highest BCUT2D eigenvalue weighted by atomic mass is 16.5. The second-order valence-corrected chi connectivity index (χ2v) is 4.11. The van der Waals surface area contributed by atoms with E-state index in [1.165, 1.54) is 0 Å². The topological polar surface area (TPSA) is 41.5 Å². The summed E-state index contributed by atoms with van der Waals surface area (Å²) in [6, 6.07) is 7.76. The van der Waals surface area contributed by atoms with Crippen molar-refractivity contribution in [2.75, 3.05) is 19.8 Å². The zero-order valence-corrected chi connectivity index (χ0v) is 10.6. The van der Waals surface area contributed by atoms with Gasteiger partial charge in [0.15, 0.2) is 0 Å². The van der Waals surface area contributed by atoms with E-state index < -0.39 is 0 Å². The van der Waals surface area contributed by atoms with Gasteiger partial charge in [0.05, 0.1) is 12.6 Å². The number of hydrogen-bond acceptors (Lipinski definition) is 3. The molecule has 1 aromatic carbocycles. The SMILES string of the molecule is C=C(C)COc1ccc(C(CO)NCC)cc1. The second kappa shape index (κ2) is 7.09. The van der Waals surface area contributed by atoms with Gasteiger partial charge in [-0.25, -0.2) is 0 Å². The van der Waals surface area contributed by atoms with Gasteiger partial charge in [0.25, 0.3) is 0 Å². The minimum absolute atomic E-state index is 0.00445. The maximum Gasteiger partial charge on any atom is 0.119 e. The van der Waals surface area contributed by atoms with Crippen molar-refractivity contribution < 1.29 is 9.84 Å². The Bertz CT molecular complexity index is 346. The van der Waals surface area contributed by atoms with Crippen LogP contribution in [0.2, 0.25) is 0 Å². The summed E-state index contributed by atoms with van der Waals surface area (Å²) in [4.78, 5) is 0. The third kappa shape index (κ3) is 4.59. The number of ether oxygens (including phenoxy) is 1. The minimum Gasteiger partial charge on any atom is -0.489 e. The lowest BCUT2D eigenvalue weighted by atomic mass is 10.1. The molecule has 0 aromatic heterocycles. The standard InChI is InChI=1S/C14H21NO2/c1-4-15-14(9-16)12-5-7-13(8-6-12)17-10-11(2)3/h5-8,14-16H,2,4,9-10H2,1,3H3. The van der Waals surface area contributed by atoms with E-state index in [1.54, 1.807) is 0 Å². The van der Waals surface area contributed by atoms with Gasteiger partial charge >= 0.3 is 0 Å². The molecule has 0 aliphatic rings. The van der Waals surface area contributed by atoms with Crippen LogP contribution in [0.3, 0.4) is 0 Å². The Balaban J connectivity index is 2.62. The van der Waals surface area contributed by atoms with Crippen molar-refractivity contribution in [3.8, 4) is 5.75 Å². The van der Waals surface area contributed by atoms with Crippen LogP contribution in [0.15, 0.2) is 36.4 Å². The molecule has 3 nitrogen and oxygen atoms in total. The summed E-state index contributed by atoms with van der Waals surface area (Å²) in [5.41, 5.74) is 2.06. The predicted molar refractivity (Wildman–Crippen MR) is 70.3 cm³/mol. The predicted octanol–water partition coefficient (Wildman–Crippen LogP) is 2.28. The van der Waals surface area contributed by atoms with E-state index in [0.29, 0.717) is 6.61 Å². The fraction of sp³-hybridized carbons (Fsp3) is 0.429. The number of rotatable bonds is 7. The Labute approximate surface area is 103 Å². The van der Waals surface area contributed by atoms with Crippen molar-refractivity contribution in [2.24, 2.45) is 0 Å². The number of aliphatic hydroxyl groups excluding tert-OH is 1. The molecule has 2 N–H and O–H groups in total. The monoisotopic (exact) mass is 235 g/mol. The molecule has 0 radical (unpaired) electrons. The Morgan fingerprint density at radius 1 is 1.41 bits per heavy atom. The minimum atomic E-state index is -0.00445. The Morgan fingerprint density at radius 2 is 2.06 bits per heavy atom. The molecule has 1 atom stereocenters. The van der Waals surface area contributed by atoms with Gasteiger partial charge in [-0.05, 0) is 36.7 Å². The summed E-state index contributed by atoms with van der Waals surface area (Å²) in [6.45, 7) is 9.21. The van der Waals surface area contributed by atoms with Crippen LogP contribution in [-0.2, 0) is 0 Å². The van der Waals surface area contributed by atoms with E-state index in [0.717, 1.165) is 23.4 Å². The molecule has 0 amide bonds. The van der Waals surface area contributed by atoms with E-state index in [2.05, 4.69) is 11.9 Å². The van der Waals surface area contributed by atoms with Gasteiger partial charge in [-0.1, -0.05) is 25.6 Å². The van der Waals surface area contributed by atoms with Crippen LogP contribution in [0.1, 0.15) is 25.5 Å². The number of nitrogens with one attached hydrogen (secondary N) is 1. The highest BCUT2D eigenvalue weighted by molar-refractivity contribution is 5.29. The molecular formula is C14H21NO2. The van der Waals surface area contributed by atoms with Gasteiger partial charge in [0.2, 0.25) is 0 Å². The fourth-order valence-electron chi connectivity index (χ4n) is 1.54. The molecule has 1 rings (SSSR count). The molecule has 0 saturated heterocycles. The summed E-state index contributed by atoms with van der Waals surface area (Å²) >= 11 is 0. The third-order valence-electron chi connectivity index (χ3n) is 2.40. The largest absolute Gasteiger partial charge is 0.489 e. The van der Waals surface area contributed by atoms with Gasteiger partial charge in [0, 0.05) is 0 Å². The fourth-order valence-corrected chi connectivity index (χ4v) is 1.54. The smallest absolute Gasteiger partial charge is 0.119 e. The van der Waals surface area contributed by atoms with Crippen molar-refractivity contribution in [1.82, 2.24) is 5.32 Å². The quantitative estimate of drug-likeness (QED) is 0.712. The number of hydrogen-bond donors (Lipinski definition) is 2. The molecule has 0 aliphatic carbocycles. The molecule has 0 aliphatic heterocycles. The highest BCUT2D eigenvalue weighted by Crippen LogP contribution is 2.17. The lowest BCUT2D eigenvalue weighted by Gasteiger charge is -2.16. The van der Waals surface area contributed by atoms with Crippen molar-refractivity contribution in [3.05, 3.63) is 42.0 Å². The molecule has 1 unspecified atom stereocenters. The average Bonchev–Trinajstić information content (AvgIpc) is 2.34. The molecule has 1 aromatic rings. The first-order valence-electron chi connectivity index (χ1n) is 5.88. The van der Waals surface area contributed by atoms with Crippen molar-refractivity contribution in [1.29, 1.82) is 0 Å². The molecule has 0 saturated carbocycles. The van der Waals surface area contributed by atoms with E-state index in [9.17, 15) is 5.11 Å². The van der Waals surface area contributed by atoms with Crippen LogP contribution in [0.5, 0.6) is 5.75 Å². The van der Waals surface area contributed by atoms with Gasteiger partial charge in [0.1, 0.15) is 12.4 Å². The van der Waals surface area contributed by atoms with Crippen molar-refractivity contribution >= 4 is 0 Å². The van der Waals surface area contributed by atoms with Crippen LogP contribution in [-0.4, -0.2) is 24.9 Å². The molecular weight excluding hydrogens is 214 g/mol. The first kappa shape index (κ1) is 13.7. The lowest BCUT2D eigenvalue weighted by molar-refractivity contribution is 0.246. The molecule has 0 heterocycles. The number of benzene rings is 1. The molecule has 0 fully saturated rings. The van der Waals surface area contributed by atoms with Crippen molar-refractivity contribution in [2.45, 2.75) is 19.9 Å². The first-order chi connectivity index (χ1) is 8.17. The van der Waals surface area contributed by atoms with Crippen LogP contribution in [0.4, 0.5) is 0 Å². The lowest BCUT2D eigenvalue weighted by Crippen LogP contribution is -2.23. The number of likely N-dealkylation sites (N-methyl/N-ethyl adjacent to an activating group) is 1. The molecule has 3 heteroatoms. The van der Waals surface area contributed by atoms with E-state index in [1.807, 2.05) is 38.1 Å². The van der Waals surface area contributed by atoms with Crippen LogP contribution >= 0.6 is 0 Å². The van der Waals surface area contributed by atoms with Crippen molar-refractivity contribution in [3.63, 3.8) is 0 Å². The summed E-state index contributed by atoms with van der Waals surface area (Å²) in [6.07, 6.45) is 0. The molecule has 94 valence electrons. The maximum atomic E-state index is 9.25. The Hall–Kier alpha value is -1.32. The van der Waals surface area contributed by atoms with Crippen LogP contribution in [0.25, 0.3) is 0 Å². The van der Waals surface area contributed by atoms with E-state index in [-0.39, 0.29) is 12.6 Å². The van der Waals surface area contributed by atoms with Gasteiger partial charge in [-0.3, -0.25) is 0 Å². The summed E-state index contributed by atoms with van der Waals surface area (Å²) < 4.78 is 5.51.